The van der Waals surface area contributed by atoms with Crippen LogP contribution in [0.2, 0.25) is 10.0 Å². The highest BCUT2D eigenvalue weighted by atomic mass is 35.5. The third-order valence-electron chi connectivity index (χ3n) is 5.09. The number of amides is 2. The van der Waals surface area contributed by atoms with Crippen molar-refractivity contribution in [2.24, 2.45) is 0 Å². The van der Waals surface area contributed by atoms with Crippen LogP contribution in [0, 0.1) is 0 Å². The van der Waals surface area contributed by atoms with Crippen LogP contribution in [0.5, 0.6) is 0 Å². The molecule has 3 rings (SSSR count). The van der Waals surface area contributed by atoms with Crippen LogP contribution in [-0.4, -0.2) is 59.6 Å². The minimum absolute atomic E-state index is 0.0406. The molecule has 1 aromatic carbocycles. The summed E-state index contributed by atoms with van der Waals surface area (Å²) in [5, 5.41) is 3.53. The number of hydrogen-bond acceptors (Lipinski definition) is 6. The van der Waals surface area contributed by atoms with Gasteiger partial charge in [0.2, 0.25) is 0 Å². The smallest absolute Gasteiger partial charge is 0.328 e. The Bertz CT molecular complexity index is 980. The van der Waals surface area contributed by atoms with Crippen LogP contribution < -0.4 is 5.32 Å². The van der Waals surface area contributed by atoms with Crippen molar-refractivity contribution in [1.82, 2.24) is 20.2 Å². The molecule has 9 nitrogen and oxygen atoms in total. The number of carbonyl (C=O) groups is 3. The Morgan fingerprint density at radius 2 is 2.06 bits per heavy atom. The number of urea groups is 1. The van der Waals surface area contributed by atoms with E-state index in [0.717, 1.165) is 5.69 Å². The van der Waals surface area contributed by atoms with Gasteiger partial charge in [-0.25, -0.2) is 14.6 Å². The lowest BCUT2D eigenvalue weighted by atomic mass is 9.96. The molecule has 0 radical (unpaired) electrons. The highest BCUT2D eigenvalue weighted by Gasteiger charge is 2.36. The van der Waals surface area contributed by atoms with E-state index in [1.807, 2.05) is 0 Å². The average molecular weight is 469 g/mol. The number of nitrogens with one attached hydrogen (secondary N) is 2. The lowest BCUT2D eigenvalue weighted by molar-refractivity contribution is -0.144. The van der Waals surface area contributed by atoms with Gasteiger partial charge in [-0.2, -0.15) is 0 Å². The Morgan fingerprint density at radius 3 is 2.74 bits per heavy atom. The third kappa shape index (κ3) is 5.11. The van der Waals surface area contributed by atoms with Crippen LogP contribution in [0.1, 0.15) is 35.8 Å². The number of hydrogen-bond donors (Lipinski definition) is 2. The molecule has 11 heteroatoms. The van der Waals surface area contributed by atoms with E-state index in [1.54, 1.807) is 29.4 Å². The maximum atomic E-state index is 13.2. The summed E-state index contributed by atoms with van der Waals surface area (Å²) >= 11 is 12.5. The number of rotatable bonds is 6. The van der Waals surface area contributed by atoms with Crippen molar-refractivity contribution in [2.75, 3.05) is 20.8 Å². The summed E-state index contributed by atoms with van der Waals surface area (Å²) in [7, 11) is 2.47. The summed E-state index contributed by atoms with van der Waals surface area (Å²) in [5.41, 5.74) is 2.21. The molecule has 2 heterocycles. The van der Waals surface area contributed by atoms with Gasteiger partial charge in [-0.05, 0) is 24.1 Å². The normalized spacial score (nSPS) is 16.3. The van der Waals surface area contributed by atoms with E-state index in [-0.39, 0.29) is 12.8 Å². The van der Waals surface area contributed by atoms with Gasteiger partial charge in [0.1, 0.15) is 12.1 Å². The van der Waals surface area contributed by atoms with Gasteiger partial charge < -0.3 is 24.7 Å². The SMILES string of the molecule is COC(=O)CC[C@@H](NC(=O)N1CCc2[nH]cnc2[C@@H]1c1ccc(Cl)cc1Cl)C(=O)OC. The van der Waals surface area contributed by atoms with Gasteiger partial charge in [0, 0.05) is 35.1 Å². The molecular formula is C20H22Cl2N4O5. The number of methoxy groups -OCH3 is 2. The molecule has 0 bridgehead atoms. The Kier molecular flexibility index (Phi) is 7.40. The minimum atomic E-state index is -1.02. The summed E-state index contributed by atoms with van der Waals surface area (Å²) in [6, 6.07) is 2.92. The van der Waals surface area contributed by atoms with Gasteiger partial charge in [0.05, 0.1) is 26.2 Å². The molecule has 0 spiro atoms. The number of ether oxygens (including phenoxy) is 2. The molecule has 1 aromatic heterocycles. The molecule has 166 valence electrons. The average Bonchev–Trinajstić information content (AvgIpc) is 3.24. The highest BCUT2D eigenvalue weighted by Crippen LogP contribution is 2.37. The first-order valence-electron chi connectivity index (χ1n) is 9.54. The fourth-order valence-corrected chi connectivity index (χ4v) is 4.03. The van der Waals surface area contributed by atoms with Crippen LogP contribution in [0.25, 0.3) is 0 Å². The topological polar surface area (TPSA) is 114 Å². The number of carbonyl (C=O) groups excluding carboxylic acids is 3. The number of fused-ring (bicyclic) bond motifs is 1. The van der Waals surface area contributed by atoms with Gasteiger partial charge in [-0.15, -0.1) is 0 Å². The van der Waals surface area contributed by atoms with Crippen LogP contribution >= 0.6 is 23.2 Å². The number of imidazole rings is 1. The van der Waals surface area contributed by atoms with Gasteiger partial charge in [-0.1, -0.05) is 29.3 Å². The number of nitrogens with zero attached hydrogens (tertiary/aromatic N) is 2. The Labute approximate surface area is 189 Å². The third-order valence-corrected chi connectivity index (χ3v) is 5.65. The molecule has 2 amide bonds. The Hall–Kier alpha value is -2.78. The standard InChI is InChI=1S/C20H22Cl2N4O5/c1-30-16(27)6-5-15(19(28)31-2)25-20(29)26-8-7-14-17(24-10-23-14)18(26)12-4-3-11(21)9-13(12)22/h3-4,9-10,15,18H,5-8H2,1-2H3,(H,23,24)(H,25,29)/t15-,18+/m1/s1. The number of esters is 2. The predicted molar refractivity (Wildman–Crippen MR) is 113 cm³/mol. The monoisotopic (exact) mass is 468 g/mol. The molecule has 0 saturated carbocycles. The Morgan fingerprint density at radius 1 is 1.29 bits per heavy atom. The van der Waals surface area contributed by atoms with E-state index in [0.29, 0.717) is 34.3 Å². The molecule has 1 aliphatic rings. The first-order chi connectivity index (χ1) is 14.8. The molecule has 1 aliphatic heterocycles. The molecule has 2 N–H and O–H groups in total. The Balaban J connectivity index is 1.88. The van der Waals surface area contributed by atoms with Gasteiger partial charge in [0.15, 0.2) is 0 Å². The summed E-state index contributed by atoms with van der Waals surface area (Å²) in [6.07, 6.45) is 2.11. The molecule has 2 atom stereocenters. The van der Waals surface area contributed by atoms with Crippen molar-refractivity contribution in [3.8, 4) is 0 Å². The zero-order valence-corrected chi connectivity index (χ0v) is 18.5. The molecular weight excluding hydrogens is 447 g/mol. The van der Waals surface area contributed by atoms with Crippen molar-refractivity contribution in [3.05, 3.63) is 51.5 Å². The molecule has 0 saturated heterocycles. The van der Waals surface area contributed by atoms with Gasteiger partial charge in [0.25, 0.3) is 0 Å². The zero-order valence-electron chi connectivity index (χ0n) is 17.0. The van der Waals surface area contributed by atoms with Crippen molar-refractivity contribution >= 4 is 41.2 Å². The van der Waals surface area contributed by atoms with E-state index >= 15 is 0 Å². The largest absolute Gasteiger partial charge is 0.469 e. The van der Waals surface area contributed by atoms with E-state index in [2.05, 4.69) is 20.0 Å². The molecule has 0 unspecified atom stereocenters. The molecule has 31 heavy (non-hydrogen) atoms. The summed E-state index contributed by atoms with van der Waals surface area (Å²) in [6.45, 7) is 0.357. The fraction of sp³-hybridized carbons (Fsp3) is 0.400. The minimum Gasteiger partial charge on any atom is -0.469 e. The van der Waals surface area contributed by atoms with Crippen molar-refractivity contribution in [2.45, 2.75) is 31.3 Å². The first kappa shape index (κ1) is 22.9. The second-order valence-corrected chi connectivity index (χ2v) is 7.76. The maximum Gasteiger partial charge on any atom is 0.328 e. The molecule has 2 aromatic rings. The molecule has 0 fully saturated rings. The number of halogens is 2. The van der Waals surface area contributed by atoms with Gasteiger partial charge in [-0.3, -0.25) is 4.79 Å². The van der Waals surface area contributed by atoms with Crippen LogP contribution in [0.4, 0.5) is 4.79 Å². The van der Waals surface area contributed by atoms with Crippen LogP contribution in [-0.2, 0) is 25.5 Å². The molecule has 0 aliphatic carbocycles. The fourth-order valence-electron chi connectivity index (χ4n) is 3.52. The number of aromatic nitrogens is 2. The lowest BCUT2D eigenvalue weighted by Crippen LogP contribution is -2.51. The van der Waals surface area contributed by atoms with Crippen molar-refractivity contribution in [1.29, 1.82) is 0 Å². The summed E-state index contributed by atoms with van der Waals surface area (Å²) < 4.78 is 9.39. The lowest BCUT2D eigenvalue weighted by Gasteiger charge is -2.36. The number of H-pyrrole nitrogens is 1. The number of benzene rings is 1. The second-order valence-electron chi connectivity index (χ2n) is 6.92. The highest BCUT2D eigenvalue weighted by molar-refractivity contribution is 6.35. The maximum absolute atomic E-state index is 13.2. The number of aromatic amines is 1. The van der Waals surface area contributed by atoms with Crippen LogP contribution in [0.3, 0.4) is 0 Å². The zero-order chi connectivity index (χ0) is 22.5. The van der Waals surface area contributed by atoms with E-state index in [4.69, 9.17) is 27.9 Å². The first-order valence-corrected chi connectivity index (χ1v) is 10.3. The summed E-state index contributed by atoms with van der Waals surface area (Å²) in [5.74, 6) is -1.15. The van der Waals surface area contributed by atoms with E-state index < -0.39 is 30.1 Å². The predicted octanol–water partition coefficient (Wildman–Crippen LogP) is 2.87. The van der Waals surface area contributed by atoms with E-state index in [9.17, 15) is 14.4 Å². The van der Waals surface area contributed by atoms with E-state index in [1.165, 1.54) is 14.2 Å². The second kappa shape index (κ2) is 10.0. The summed E-state index contributed by atoms with van der Waals surface area (Å²) in [4.78, 5) is 45.9. The van der Waals surface area contributed by atoms with Crippen molar-refractivity contribution in [3.63, 3.8) is 0 Å². The van der Waals surface area contributed by atoms with Crippen LogP contribution in [0.15, 0.2) is 24.5 Å². The van der Waals surface area contributed by atoms with Crippen molar-refractivity contribution < 1.29 is 23.9 Å². The van der Waals surface area contributed by atoms with Gasteiger partial charge >= 0.3 is 18.0 Å². The quantitative estimate of drug-likeness (QED) is 0.629.